The van der Waals surface area contributed by atoms with Crippen LogP contribution in [-0.2, 0) is 26.2 Å². The number of anilines is 1. The number of rotatable bonds is 13. The van der Waals surface area contributed by atoms with Crippen molar-refractivity contribution in [2.24, 2.45) is 0 Å². The number of nitrogens with zero attached hydrogens (tertiary/aromatic N) is 2. The lowest BCUT2D eigenvalue weighted by atomic mass is 10.0. The number of hydrogen-bond acceptors (Lipinski definition) is 4. The summed E-state index contributed by atoms with van der Waals surface area (Å²) in [5.74, 6) is -0.433. The van der Waals surface area contributed by atoms with Gasteiger partial charge in [0.2, 0.25) is 11.8 Å². The van der Waals surface area contributed by atoms with Crippen molar-refractivity contribution in [1.29, 1.82) is 0 Å². The van der Waals surface area contributed by atoms with Gasteiger partial charge in [0.15, 0.2) is 0 Å². The van der Waals surface area contributed by atoms with Crippen molar-refractivity contribution in [2.75, 3.05) is 10.8 Å². The van der Waals surface area contributed by atoms with Crippen molar-refractivity contribution in [1.82, 2.24) is 10.2 Å². The van der Waals surface area contributed by atoms with Crippen LogP contribution in [0.4, 0.5) is 5.69 Å². The Morgan fingerprint density at radius 3 is 2.00 bits per heavy atom. The maximum atomic E-state index is 14.2. The highest BCUT2D eigenvalue weighted by Crippen LogP contribution is 2.27. The predicted octanol–water partition coefficient (Wildman–Crippen LogP) is 6.34. The van der Waals surface area contributed by atoms with Gasteiger partial charge in [0, 0.05) is 12.6 Å². The van der Waals surface area contributed by atoms with E-state index in [0.717, 1.165) is 33.0 Å². The van der Waals surface area contributed by atoms with Gasteiger partial charge >= 0.3 is 0 Å². The lowest BCUT2D eigenvalue weighted by Crippen LogP contribution is -2.53. The lowest BCUT2D eigenvalue weighted by molar-refractivity contribution is -0.140. The zero-order valence-corrected chi connectivity index (χ0v) is 26.7. The van der Waals surface area contributed by atoms with E-state index in [2.05, 4.69) is 19.2 Å². The Morgan fingerprint density at radius 1 is 0.833 bits per heavy atom. The largest absolute Gasteiger partial charge is 0.352 e. The zero-order chi connectivity index (χ0) is 31.0. The van der Waals surface area contributed by atoms with Gasteiger partial charge in [0.1, 0.15) is 12.6 Å². The molecule has 0 saturated carbocycles. The number of carbonyl (C=O) groups excluding carboxylic acids is 2. The van der Waals surface area contributed by atoms with Crippen LogP contribution >= 0.6 is 0 Å². The Bertz CT molecular complexity index is 1450. The molecule has 3 aromatic carbocycles. The van der Waals surface area contributed by atoms with Crippen LogP contribution in [0.1, 0.15) is 75.6 Å². The molecule has 0 spiro atoms. The van der Waals surface area contributed by atoms with Crippen molar-refractivity contribution < 1.29 is 18.0 Å². The van der Waals surface area contributed by atoms with Crippen LogP contribution in [0.5, 0.6) is 0 Å². The highest BCUT2D eigenvalue weighted by molar-refractivity contribution is 7.92. The van der Waals surface area contributed by atoms with Gasteiger partial charge in [0.25, 0.3) is 10.0 Å². The highest BCUT2D eigenvalue weighted by Gasteiger charge is 2.34. The van der Waals surface area contributed by atoms with Gasteiger partial charge < -0.3 is 10.2 Å². The van der Waals surface area contributed by atoms with Crippen LogP contribution < -0.4 is 9.62 Å². The van der Waals surface area contributed by atoms with Crippen LogP contribution in [0.15, 0.2) is 77.7 Å². The van der Waals surface area contributed by atoms with Gasteiger partial charge in [0.05, 0.1) is 10.6 Å². The van der Waals surface area contributed by atoms with E-state index in [1.54, 1.807) is 36.4 Å². The Kier molecular flexibility index (Phi) is 11.3. The van der Waals surface area contributed by atoms with Gasteiger partial charge in [-0.1, -0.05) is 81.8 Å². The summed E-state index contributed by atoms with van der Waals surface area (Å²) in [7, 11) is -4.10. The average molecular weight is 592 g/mol. The van der Waals surface area contributed by atoms with Crippen molar-refractivity contribution >= 4 is 27.5 Å². The first-order chi connectivity index (χ1) is 19.9. The molecule has 8 heteroatoms. The molecule has 0 aliphatic carbocycles. The van der Waals surface area contributed by atoms with Crippen LogP contribution in [0.2, 0.25) is 0 Å². The van der Waals surface area contributed by atoms with E-state index in [-0.39, 0.29) is 29.3 Å². The van der Waals surface area contributed by atoms with Gasteiger partial charge in [-0.05, 0) is 80.5 Å². The summed E-state index contributed by atoms with van der Waals surface area (Å²) in [6, 6.07) is 20.8. The molecular formula is C34H45N3O4S. The lowest BCUT2D eigenvalue weighted by Gasteiger charge is -2.34. The van der Waals surface area contributed by atoms with Crippen molar-refractivity contribution in [3.8, 4) is 0 Å². The first-order valence-corrected chi connectivity index (χ1v) is 16.2. The van der Waals surface area contributed by atoms with Gasteiger partial charge in [-0.3, -0.25) is 13.9 Å². The first kappa shape index (κ1) is 32.9. The van der Waals surface area contributed by atoms with E-state index in [1.807, 2.05) is 71.0 Å². The fourth-order valence-electron chi connectivity index (χ4n) is 4.72. The summed E-state index contributed by atoms with van der Waals surface area (Å²) in [5.41, 5.74) is 4.27. The molecular weight excluding hydrogens is 546 g/mol. The van der Waals surface area contributed by atoms with Crippen molar-refractivity contribution in [3.63, 3.8) is 0 Å². The number of aryl methyl sites for hydroxylation is 2. The standard InChI is InChI=1S/C34H45N3O4S/c1-8-27(7)35-34(39)32(9-2)36(22-29-13-11-10-12-26(29)6)33(38)23-37(30-18-16-28(17-19-30)24(3)4)42(40,41)31-20-14-25(5)15-21-31/h10-21,24,27,32H,8-9,22-23H2,1-7H3,(H,35,39). The molecule has 0 aliphatic heterocycles. The molecule has 1 N–H and O–H groups in total. The molecule has 0 fully saturated rings. The number of nitrogens with one attached hydrogen (secondary N) is 1. The van der Waals surface area contributed by atoms with Crippen LogP contribution in [0.25, 0.3) is 0 Å². The van der Waals surface area contributed by atoms with Gasteiger partial charge in [-0.25, -0.2) is 8.42 Å². The van der Waals surface area contributed by atoms with Crippen molar-refractivity contribution in [3.05, 3.63) is 95.1 Å². The molecule has 0 heterocycles. The molecule has 7 nitrogen and oxygen atoms in total. The fraction of sp³-hybridized carbons (Fsp3) is 0.412. The zero-order valence-electron chi connectivity index (χ0n) is 25.9. The molecule has 0 bridgehead atoms. The Labute approximate surface area is 252 Å². The third-order valence-electron chi connectivity index (χ3n) is 7.72. The van der Waals surface area contributed by atoms with E-state index >= 15 is 0 Å². The highest BCUT2D eigenvalue weighted by atomic mass is 32.2. The van der Waals surface area contributed by atoms with Crippen LogP contribution in [0, 0.1) is 13.8 Å². The quantitative estimate of drug-likeness (QED) is 0.251. The predicted molar refractivity (Wildman–Crippen MR) is 170 cm³/mol. The second-order valence-corrected chi connectivity index (χ2v) is 13.1. The van der Waals surface area contributed by atoms with Gasteiger partial charge in [-0.2, -0.15) is 0 Å². The third-order valence-corrected chi connectivity index (χ3v) is 9.51. The summed E-state index contributed by atoms with van der Waals surface area (Å²) in [4.78, 5) is 29.3. The fourth-order valence-corrected chi connectivity index (χ4v) is 6.14. The Morgan fingerprint density at radius 2 is 1.45 bits per heavy atom. The minimum absolute atomic E-state index is 0.0557. The smallest absolute Gasteiger partial charge is 0.264 e. The van der Waals surface area contributed by atoms with Crippen LogP contribution in [-0.4, -0.2) is 43.8 Å². The van der Waals surface area contributed by atoms with Crippen molar-refractivity contribution in [2.45, 2.75) is 90.7 Å². The molecule has 0 radical (unpaired) electrons. The minimum Gasteiger partial charge on any atom is -0.352 e. The second kappa shape index (κ2) is 14.5. The third kappa shape index (κ3) is 8.00. The summed E-state index contributed by atoms with van der Waals surface area (Å²) in [6.45, 7) is 13.5. The number of carbonyl (C=O) groups is 2. The number of sulfonamides is 1. The Balaban J connectivity index is 2.08. The average Bonchev–Trinajstić information content (AvgIpc) is 2.96. The van der Waals surface area contributed by atoms with E-state index < -0.39 is 28.5 Å². The number of amides is 2. The van der Waals surface area contributed by atoms with E-state index in [9.17, 15) is 18.0 Å². The SMILES string of the molecule is CCC(C)NC(=O)C(CC)N(Cc1ccccc1C)C(=O)CN(c1ccc(C(C)C)cc1)S(=O)(=O)c1ccc(C)cc1. The summed E-state index contributed by atoms with van der Waals surface area (Å²) >= 11 is 0. The van der Waals surface area contributed by atoms with Gasteiger partial charge in [-0.15, -0.1) is 0 Å². The molecule has 3 aromatic rings. The first-order valence-electron chi connectivity index (χ1n) is 14.7. The molecule has 2 unspecified atom stereocenters. The van der Waals surface area contributed by atoms with E-state index in [0.29, 0.717) is 12.1 Å². The summed E-state index contributed by atoms with van der Waals surface area (Å²) < 4.78 is 29.3. The van der Waals surface area contributed by atoms with Crippen LogP contribution in [0.3, 0.4) is 0 Å². The second-order valence-electron chi connectivity index (χ2n) is 11.3. The topological polar surface area (TPSA) is 86.8 Å². The molecule has 0 saturated heterocycles. The summed E-state index contributed by atoms with van der Waals surface area (Å²) in [5, 5.41) is 3.01. The minimum atomic E-state index is -4.10. The molecule has 226 valence electrons. The maximum absolute atomic E-state index is 14.2. The molecule has 3 rings (SSSR count). The monoisotopic (exact) mass is 591 g/mol. The number of hydrogen-bond donors (Lipinski definition) is 1. The summed E-state index contributed by atoms with van der Waals surface area (Å²) in [6.07, 6.45) is 1.14. The molecule has 0 aliphatic rings. The molecule has 42 heavy (non-hydrogen) atoms. The number of benzene rings is 3. The molecule has 2 amide bonds. The molecule has 0 aromatic heterocycles. The Hall–Kier alpha value is -3.65. The molecule has 2 atom stereocenters. The van der Waals surface area contributed by atoms with E-state index in [1.165, 1.54) is 4.90 Å². The normalized spacial score (nSPS) is 13.0. The van der Waals surface area contributed by atoms with E-state index in [4.69, 9.17) is 0 Å². The maximum Gasteiger partial charge on any atom is 0.264 e.